The topological polar surface area (TPSA) is 49.7 Å². The van der Waals surface area contributed by atoms with E-state index >= 15 is 0 Å². The molecule has 1 atom stereocenters. The summed E-state index contributed by atoms with van der Waals surface area (Å²) in [6.07, 6.45) is 0.238. The molecule has 0 amide bonds. The van der Waals surface area contributed by atoms with E-state index in [1.165, 1.54) is 0 Å². The van der Waals surface area contributed by atoms with Gasteiger partial charge < -0.3 is 14.9 Å². The summed E-state index contributed by atoms with van der Waals surface area (Å²) in [5, 5.41) is 16.8. The molecule has 0 fully saturated rings. The number of hydrogen-bond donors (Lipinski definition) is 2. The molecule has 0 saturated heterocycles. The van der Waals surface area contributed by atoms with Crippen LogP contribution in [0.1, 0.15) is 13.3 Å². The highest BCUT2D eigenvalue weighted by Gasteiger charge is 1.97. The Morgan fingerprint density at radius 2 is 2.25 bits per heavy atom. The van der Waals surface area contributed by atoms with Crippen LogP contribution in [0.5, 0.6) is 0 Å². The first-order valence-corrected chi connectivity index (χ1v) is 2.68. The van der Waals surface area contributed by atoms with E-state index in [4.69, 9.17) is 10.2 Å². The molecular weight excluding hydrogens is 108 g/mol. The van der Waals surface area contributed by atoms with Crippen LogP contribution in [0.2, 0.25) is 0 Å². The Bertz CT molecular complexity index is 46.9. The molecule has 3 heteroatoms. The zero-order valence-corrected chi connectivity index (χ0v) is 5.00. The Labute approximate surface area is 48.9 Å². The number of rotatable bonds is 4. The maximum atomic E-state index is 8.75. The third-order valence-electron chi connectivity index (χ3n) is 0.873. The van der Waals surface area contributed by atoms with Crippen molar-refractivity contribution in [1.29, 1.82) is 0 Å². The van der Waals surface area contributed by atoms with Crippen LogP contribution in [0.3, 0.4) is 0 Å². The zero-order chi connectivity index (χ0) is 6.41. The van der Waals surface area contributed by atoms with Gasteiger partial charge in [-0.3, -0.25) is 0 Å². The first kappa shape index (κ1) is 7.88. The lowest BCUT2D eigenvalue weighted by Gasteiger charge is -2.04. The van der Waals surface area contributed by atoms with Gasteiger partial charge in [0.2, 0.25) is 0 Å². The van der Waals surface area contributed by atoms with Gasteiger partial charge in [0.05, 0.1) is 12.7 Å². The molecule has 0 aliphatic rings. The summed E-state index contributed by atoms with van der Waals surface area (Å²) < 4.78 is 4.49. The summed E-state index contributed by atoms with van der Waals surface area (Å²) in [5.41, 5.74) is 0. The lowest BCUT2D eigenvalue weighted by Crippen LogP contribution is -2.13. The molecule has 50 valence electrons. The third-order valence-corrected chi connectivity index (χ3v) is 0.873. The second kappa shape index (κ2) is 5.03. The molecule has 2 N–H and O–H groups in total. The van der Waals surface area contributed by atoms with Crippen LogP contribution in [-0.2, 0) is 4.74 Å². The van der Waals surface area contributed by atoms with Crippen molar-refractivity contribution in [3.05, 3.63) is 0 Å². The van der Waals surface area contributed by atoms with E-state index < -0.39 is 6.10 Å². The highest BCUT2D eigenvalue weighted by atomic mass is 16.6. The fraction of sp³-hybridized carbons (Fsp3) is 1.00. The van der Waals surface area contributed by atoms with E-state index in [1.807, 2.05) is 6.92 Å². The molecule has 0 radical (unpaired) electrons. The van der Waals surface area contributed by atoms with Crippen molar-refractivity contribution in [2.24, 2.45) is 0 Å². The molecule has 3 nitrogen and oxygen atoms in total. The van der Waals surface area contributed by atoms with Gasteiger partial charge in [0, 0.05) is 0 Å². The van der Waals surface area contributed by atoms with Gasteiger partial charge in [-0.05, 0) is 6.42 Å². The van der Waals surface area contributed by atoms with E-state index in [9.17, 15) is 0 Å². The van der Waals surface area contributed by atoms with Gasteiger partial charge in [-0.25, -0.2) is 0 Å². The summed E-state index contributed by atoms with van der Waals surface area (Å²) in [6, 6.07) is 0. The fourth-order valence-corrected chi connectivity index (χ4v) is 0.307. The standard InChI is InChI=1S/C5H12O3/c1-2-5(7)3-8-4-6/h5-7H,2-4H2,1H3. The molecule has 0 saturated carbocycles. The summed E-state index contributed by atoms with van der Waals surface area (Å²) >= 11 is 0. The summed E-state index contributed by atoms with van der Waals surface area (Å²) in [6.45, 7) is 1.77. The second-order valence-electron chi connectivity index (χ2n) is 1.56. The maximum absolute atomic E-state index is 8.75. The van der Waals surface area contributed by atoms with Crippen molar-refractivity contribution in [3.63, 3.8) is 0 Å². The highest BCUT2D eigenvalue weighted by Crippen LogP contribution is 1.88. The molecule has 0 aliphatic heterocycles. The fourth-order valence-electron chi connectivity index (χ4n) is 0.307. The molecule has 0 aliphatic carbocycles. The molecule has 1 unspecified atom stereocenters. The first-order valence-electron chi connectivity index (χ1n) is 2.68. The molecule has 0 aromatic rings. The van der Waals surface area contributed by atoms with Crippen LogP contribution < -0.4 is 0 Å². The SMILES string of the molecule is CCC(O)COCO. The van der Waals surface area contributed by atoms with Crippen LogP contribution in [-0.4, -0.2) is 29.7 Å². The Morgan fingerprint density at radius 3 is 2.62 bits per heavy atom. The number of aliphatic hydroxyl groups excluding tert-OH is 2. The second-order valence-corrected chi connectivity index (χ2v) is 1.56. The monoisotopic (exact) mass is 120 g/mol. The Kier molecular flexibility index (Phi) is 4.95. The van der Waals surface area contributed by atoms with Gasteiger partial charge in [-0.15, -0.1) is 0 Å². The van der Waals surface area contributed by atoms with Crippen LogP contribution in [0, 0.1) is 0 Å². The minimum atomic E-state index is -0.429. The van der Waals surface area contributed by atoms with E-state index in [0.717, 1.165) is 0 Å². The minimum absolute atomic E-state index is 0.229. The Hall–Kier alpha value is -0.120. The van der Waals surface area contributed by atoms with Crippen molar-refractivity contribution in [2.75, 3.05) is 13.4 Å². The average molecular weight is 120 g/mol. The van der Waals surface area contributed by atoms with Gasteiger partial charge in [0.15, 0.2) is 0 Å². The van der Waals surface area contributed by atoms with E-state index in [2.05, 4.69) is 4.74 Å². The lowest BCUT2D eigenvalue weighted by molar-refractivity contribution is -0.0419. The summed E-state index contributed by atoms with van der Waals surface area (Å²) in [5.74, 6) is 0. The predicted molar refractivity (Wildman–Crippen MR) is 29.3 cm³/mol. The molecule has 0 spiro atoms. The normalized spacial score (nSPS) is 13.9. The number of aliphatic hydroxyl groups is 2. The molecule has 0 aromatic carbocycles. The van der Waals surface area contributed by atoms with Gasteiger partial charge in [-0.1, -0.05) is 6.92 Å². The predicted octanol–water partition coefficient (Wildman–Crippen LogP) is -0.276. The van der Waals surface area contributed by atoms with Crippen molar-refractivity contribution in [1.82, 2.24) is 0 Å². The summed E-state index contributed by atoms with van der Waals surface area (Å²) in [7, 11) is 0. The quantitative estimate of drug-likeness (QED) is 0.502. The summed E-state index contributed by atoms with van der Waals surface area (Å²) in [4.78, 5) is 0. The van der Waals surface area contributed by atoms with Crippen molar-refractivity contribution in [2.45, 2.75) is 19.4 Å². The van der Waals surface area contributed by atoms with Gasteiger partial charge in [-0.2, -0.15) is 0 Å². The van der Waals surface area contributed by atoms with Crippen LogP contribution in [0.25, 0.3) is 0 Å². The van der Waals surface area contributed by atoms with Crippen LogP contribution in [0.4, 0.5) is 0 Å². The average Bonchev–Trinajstić information content (AvgIpc) is 1.83. The Morgan fingerprint density at radius 1 is 1.62 bits per heavy atom. The van der Waals surface area contributed by atoms with Crippen molar-refractivity contribution >= 4 is 0 Å². The smallest absolute Gasteiger partial charge is 0.143 e. The van der Waals surface area contributed by atoms with E-state index in [1.54, 1.807) is 0 Å². The lowest BCUT2D eigenvalue weighted by atomic mass is 10.3. The molecule has 0 aromatic heterocycles. The number of hydrogen-bond acceptors (Lipinski definition) is 3. The Balaban J connectivity index is 2.86. The van der Waals surface area contributed by atoms with E-state index in [-0.39, 0.29) is 13.4 Å². The van der Waals surface area contributed by atoms with Gasteiger partial charge >= 0.3 is 0 Å². The molecule has 8 heavy (non-hydrogen) atoms. The third kappa shape index (κ3) is 4.05. The van der Waals surface area contributed by atoms with Crippen molar-refractivity contribution in [3.8, 4) is 0 Å². The van der Waals surface area contributed by atoms with Crippen molar-refractivity contribution < 1.29 is 14.9 Å². The van der Waals surface area contributed by atoms with Crippen LogP contribution in [0.15, 0.2) is 0 Å². The first-order chi connectivity index (χ1) is 3.81. The minimum Gasteiger partial charge on any atom is -0.391 e. The molecule has 0 rings (SSSR count). The zero-order valence-electron chi connectivity index (χ0n) is 5.00. The van der Waals surface area contributed by atoms with Crippen LogP contribution >= 0.6 is 0 Å². The largest absolute Gasteiger partial charge is 0.391 e. The molecule has 0 bridgehead atoms. The highest BCUT2D eigenvalue weighted by molar-refractivity contribution is 4.46. The van der Waals surface area contributed by atoms with E-state index in [0.29, 0.717) is 6.42 Å². The molecule has 0 heterocycles. The number of ether oxygens (including phenoxy) is 1. The van der Waals surface area contributed by atoms with Gasteiger partial charge in [0.1, 0.15) is 6.79 Å². The molecular formula is C5H12O3. The maximum Gasteiger partial charge on any atom is 0.143 e. The van der Waals surface area contributed by atoms with Gasteiger partial charge in [0.25, 0.3) is 0 Å².